The molecule has 0 atom stereocenters. The minimum atomic E-state index is -1.53. The largest absolute Gasteiger partial charge is 0.507 e. The Labute approximate surface area is 122 Å². The van der Waals surface area contributed by atoms with Gasteiger partial charge in [0.25, 0.3) is 0 Å². The Morgan fingerprint density at radius 2 is 1.57 bits per heavy atom. The van der Waals surface area contributed by atoms with Gasteiger partial charge in [-0.1, -0.05) is 36.4 Å². The number of aromatic hydroxyl groups is 1. The second-order valence-electron chi connectivity index (χ2n) is 5.32. The van der Waals surface area contributed by atoms with E-state index in [1.54, 1.807) is 30.3 Å². The van der Waals surface area contributed by atoms with E-state index in [0.717, 1.165) is 0 Å². The number of hydrogen-bond acceptors (Lipinski definition) is 4. The number of carbonyl (C=O) groups excluding carboxylic acids is 2. The van der Waals surface area contributed by atoms with E-state index in [4.69, 9.17) is 0 Å². The average molecular weight is 284 g/mol. The highest BCUT2D eigenvalue weighted by Gasteiger charge is 2.26. The van der Waals surface area contributed by atoms with Crippen LogP contribution in [0.25, 0.3) is 0 Å². The predicted octanol–water partition coefficient (Wildman–Crippen LogP) is 2.58. The van der Waals surface area contributed by atoms with E-state index in [9.17, 15) is 19.8 Å². The molecule has 21 heavy (non-hydrogen) atoms. The molecule has 0 amide bonds. The number of rotatable bonds is 4. The van der Waals surface area contributed by atoms with Crippen LogP contribution in [0.15, 0.2) is 48.5 Å². The summed E-state index contributed by atoms with van der Waals surface area (Å²) in [5, 5.41) is 19.7. The number of ketones is 2. The molecule has 4 heteroatoms. The molecule has 2 aromatic carbocycles. The Balaban J connectivity index is 2.37. The minimum absolute atomic E-state index is 0.119. The van der Waals surface area contributed by atoms with Gasteiger partial charge in [-0.15, -0.1) is 0 Å². The molecule has 2 rings (SSSR count). The summed E-state index contributed by atoms with van der Waals surface area (Å²) in [7, 11) is 0. The first kappa shape index (κ1) is 14.9. The highest BCUT2D eigenvalue weighted by Crippen LogP contribution is 2.24. The maximum absolute atomic E-state index is 12.3. The van der Waals surface area contributed by atoms with E-state index in [1.165, 1.54) is 32.0 Å². The monoisotopic (exact) mass is 284 g/mol. The van der Waals surface area contributed by atoms with Crippen LogP contribution in [0.3, 0.4) is 0 Å². The smallest absolute Gasteiger partial charge is 0.196 e. The Hall–Kier alpha value is -2.46. The van der Waals surface area contributed by atoms with Crippen molar-refractivity contribution in [3.63, 3.8) is 0 Å². The molecule has 0 saturated carbocycles. The molecule has 0 aliphatic carbocycles. The fraction of sp³-hybridized carbons (Fsp3) is 0.176. The second-order valence-corrected chi connectivity index (χ2v) is 5.32. The number of benzene rings is 2. The van der Waals surface area contributed by atoms with Gasteiger partial charge in [0.1, 0.15) is 11.4 Å². The van der Waals surface area contributed by atoms with Crippen molar-refractivity contribution in [3.05, 3.63) is 65.2 Å². The second kappa shape index (κ2) is 5.50. The quantitative estimate of drug-likeness (QED) is 0.846. The summed E-state index contributed by atoms with van der Waals surface area (Å²) < 4.78 is 0. The Kier molecular flexibility index (Phi) is 3.91. The molecule has 0 fully saturated rings. The van der Waals surface area contributed by atoms with Gasteiger partial charge in [0.2, 0.25) is 0 Å². The summed E-state index contributed by atoms with van der Waals surface area (Å²) in [6.07, 6.45) is 0. The Morgan fingerprint density at radius 3 is 2.10 bits per heavy atom. The molecule has 4 nitrogen and oxygen atoms in total. The van der Waals surface area contributed by atoms with Gasteiger partial charge < -0.3 is 10.2 Å². The van der Waals surface area contributed by atoms with E-state index >= 15 is 0 Å². The third-order valence-corrected chi connectivity index (χ3v) is 3.10. The van der Waals surface area contributed by atoms with Gasteiger partial charge >= 0.3 is 0 Å². The van der Waals surface area contributed by atoms with Crippen molar-refractivity contribution in [2.45, 2.75) is 19.4 Å². The maximum Gasteiger partial charge on any atom is 0.196 e. The van der Waals surface area contributed by atoms with Crippen LogP contribution in [-0.2, 0) is 0 Å². The summed E-state index contributed by atoms with van der Waals surface area (Å²) >= 11 is 0. The molecule has 0 aromatic heterocycles. The molecule has 0 spiro atoms. The maximum atomic E-state index is 12.3. The van der Waals surface area contributed by atoms with Gasteiger partial charge in [-0.2, -0.15) is 0 Å². The molecule has 0 heterocycles. The first-order valence-electron chi connectivity index (χ1n) is 6.50. The van der Waals surface area contributed by atoms with Gasteiger partial charge in [0.05, 0.1) is 5.56 Å². The van der Waals surface area contributed by atoms with Crippen molar-refractivity contribution < 1.29 is 19.8 Å². The third-order valence-electron chi connectivity index (χ3n) is 3.10. The van der Waals surface area contributed by atoms with Crippen LogP contribution in [0.1, 0.15) is 40.1 Å². The van der Waals surface area contributed by atoms with E-state index in [0.29, 0.717) is 5.56 Å². The lowest BCUT2D eigenvalue weighted by Crippen LogP contribution is -2.31. The summed E-state index contributed by atoms with van der Waals surface area (Å²) in [6.45, 7) is 2.74. The highest BCUT2D eigenvalue weighted by atomic mass is 16.3. The Morgan fingerprint density at radius 1 is 0.952 bits per heavy atom. The number of phenolic OH excluding ortho intramolecular Hbond substituents is 1. The molecule has 2 N–H and O–H groups in total. The van der Waals surface area contributed by atoms with Crippen molar-refractivity contribution >= 4 is 11.6 Å². The molecule has 0 saturated heterocycles. The fourth-order valence-corrected chi connectivity index (χ4v) is 1.96. The van der Waals surface area contributed by atoms with Crippen LogP contribution in [0.5, 0.6) is 5.75 Å². The van der Waals surface area contributed by atoms with E-state index in [2.05, 4.69) is 0 Å². The standard InChI is InChI=1S/C17H16O4/c1-17(2,21)16(20)12-8-9-13(14(18)10-12)15(19)11-6-4-3-5-7-11/h3-10,18,21H,1-2H3. The average Bonchev–Trinajstić information content (AvgIpc) is 2.45. The topological polar surface area (TPSA) is 74.6 Å². The molecule has 108 valence electrons. The third kappa shape index (κ3) is 3.17. The van der Waals surface area contributed by atoms with Crippen LogP contribution >= 0.6 is 0 Å². The van der Waals surface area contributed by atoms with Crippen molar-refractivity contribution in [3.8, 4) is 5.75 Å². The van der Waals surface area contributed by atoms with Gasteiger partial charge in [0, 0.05) is 11.1 Å². The summed E-state index contributed by atoms with van der Waals surface area (Å²) in [5.41, 5.74) is -0.801. The lowest BCUT2D eigenvalue weighted by molar-refractivity contribution is 0.0487. The highest BCUT2D eigenvalue weighted by molar-refractivity contribution is 6.11. The lowest BCUT2D eigenvalue weighted by Gasteiger charge is -2.16. The van der Waals surface area contributed by atoms with Crippen molar-refractivity contribution in [2.24, 2.45) is 0 Å². The predicted molar refractivity (Wildman–Crippen MR) is 78.6 cm³/mol. The van der Waals surface area contributed by atoms with Crippen LogP contribution < -0.4 is 0 Å². The normalized spacial score (nSPS) is 11.2. The van der Waals surface area contributed by atoms with Gasteiger partial charge in [-0.05, 0) is 26.0 Å². The van der Waals surface area contributed by atoms with Crippen molar-refractivity contribution in [2.75, 3.05) is 0 Å². The number of Topliss-reactive ketones (excluding diaryl/α,β-unsaturated/α-hetero) is 1. The van der Waals surface area contributed by atoms with Crippen LogP contribution in [0.4, 0.5) is 0 Å². The first-order chi connectivity index (χ1) is 9.80. The van der Waals surface area contributed by atoms with Crippen LogP contribution in [0.2, 0.25) is 0 Å². The number of aliphatic hydroxyl groups is 1. The zero-order valence-corrected chi connectivity index (χ0v) is 11.8. The molecular formula is C17H16O4. The summed E-state index contributed by atoms with van der Waals surface area (Å²) in [4.78, 5) is 24.2. The van der Waals surface area contributed by atoms with E-state index in [1.807, 2.05) is 0 Å². The fourth-order valence-electron chi connectivity index (χ4n) is 1.96. The molecule has 0 aliphatic heterocycles. The summed E-state index contributed by atoms with van der Waals surface area (Å²) in [6, 6.07) is 12.6. The molecular weight excluding hydrogens is 268 g/mol. The Bertz CT molecular complexity index is 682. The molecule has 0 bridgehead atoms. The van der Waals surface area contributed by atoms with Crippen molar-refractivity contribution in [1.82, 2.24) is 0 Å². The van der Waals surface area contributed by atoms with Gasteiger partial charge in [-0.3, -0.25) is 9.59 Å². The first-order valence-corrected chi connectivity index (χ1v) is 6.50. The van der Waals surface area contributed by atoms with E-state index < -0.39 is 11.4 Å². The minimum Gasteiger partial charge on any atom is -0.507 e. The zero-order chi connectivity index (χ0) is 15.6. The number of hydrogen-bond donors (Lipinski definition) is 2. The molecule has 0 unspecified atom stereocenters. The SMILES string of the molecule is CC(C)(O)C(=O)c1ccc(C(=O)c2ccccc2)c(O)c1. The van der Waals surface area contributed by atoms with Crippen LogP contribution in [0, 0.1) is 0 Å². The number of phenols is 1. The number of carbonyl (C=O) groups is 2. The summed E-state index contributed by atoms with van der Waals surface area (Å²) in [5.74, 6) is -1.12. The van der Waals surface area contributed by atoms with Gasteiger partial charge in [0.15, 0.2) is 11.6 Å². The zero-order valence-electron chi connectivity index (χ0n) is 11.8. The van der Waals surface area contributed by atoms with Gasteiger partial charge in [-0.25, -0.2) is 0 Å². The molecule has 0 radical (unpaired) electrons. The molecule has 2 aromatic rings. The van der Waals surface area contributed by atoms with Crippen molar-refractivity contribution in [1.29, 1.82) is 0 Å². The lowest BCUT2D eigenvalue weighted by atomic mass is 9.94. The molecule has 0 aliphatic rings. The van der Waals surface area contributed by atoms with E-state index in [-0.39, 0.29) is 22.7 Å². The van der Waals surface area contributed by atoms with Crippen LogP contribution in [-0.4, -0.2) is 27.4 Å².